The van der Waals surface area contributed by atoms with Crippen LogP contribution in [-0.2, 0) is 17.6 Å². The first-order chi connectivity index (χ1) is 13.1. The van der Waals surface area contributed by atoms with E-state index in [0.29, 0.717) is 11.1 Å². The maximum Gasteiger partial charge on any atom is 0.277 e. The summed E-state index contributed by atoms with van der Waals surface area (Å²) in [5.41, 5.74) is 1.41. The Hall–Kier alpha value is -2.06. The molecule has 4 rings (SSSR count). The Morgan fingerprint density at radius 2 is 2.37 bits per heavy atom. The molecule has 3 aromatic rings. The molecule has 6 nitrogen and oxygen atoms in total. The number of furan rings is 1. The van der Waals surface area contributed by atoms with E-state index in [2.05, 4.69) is 28.5 Å². The van der Waals surface area contributed by atoms with E-state index in [1.54, 1.807) is 23.7 Å². The van der Waals surface area contributed by atoms with Crippen molar-refractivity contribution in [2.75, 3.05) is 5.75 Å². The molecule has 0 fully saturated rings. The Balaban J connectivity index is 1.34. The molecule has 1 amide bonds. The summed E-state index contributed by atoms with van der Waals surface area (Å²) in [6.45, 7) is 4.17. The number of fused-ring (bicyclic) bond motifs is 1. The standard InChI is InChI=1S/C19H21N3O3S2/c1-11-5-6-15-13(8-11)9-16(27-15)18-21-22-19(25-18)26-10-17(23)20-12(2)14-4-3-7-24-14/h3-4,7,9,11-12H,5-6,8,10H2,1-2H3,(H,20,23)/t11-,12-/m1/s1. The number of carbonyl (C=O) groups is 1. The van der Waals surface area contributed by atoms with Crippen LogP contribution in [0.1, 0.15) is 42.5 Å². The number of thioether (sulfide) groups is 1. The van der Waals surface area contributed by atoms with Crippen molar-refractivity contribution in [3.05, 3.63) is 40.7 Å². The Morgan fingerprint density at radius 1 is 1.48 bits per heavy atom. The van der Waals surface area contributed by atoms with Crippen LogP contribution in [0.4, 0.5) is 0 Å². The number of thiophene rings is 1. The van der Waals surface area contributed by atoms with Crippen molar-refractivity contribution in [1.29, 1.82) is 0 Å². The van der Waals surface area contributed by atoms with E-state index in [1.165, 1.54) is 28.6 Å². The molecule has 2 atom stereocenters. The van der Waals surface area contributed by atoms with Crippen molar-refractivity contribution in [1.82, 2.24) is 15.5 Å². The van der Waals surface area contributed by atoms with Crippen LogP contribution < -0.4 is 5.32 Å². The lowest BCUT2D eigenvalue weighted by Crippen LogP contribution is -2.27. The minimum Gasteiger partial charge on any atom is -0.467 e. The van der Waals surface area contributed by atoms with Crippen molar-refractivity contribution in [3.8, 4) is 10.8 Å². The molecule has 27 heavy (non-hydrogen) atoms. The summed E-state index contributed by atoms with van der Waals surface area (Å²) in [7, 11) is 0. The second kappa shape index (κ2) is 7.90. The zero-order chi connectivity index (χ0) is 18.8. The summed E-state index contributed by atoms with van der Waals surface area (Å²) in [5.74, 6) is 2.10. The zero-order valence-corrected chi connectivity index (χ0v) is 16.9. The smallest absolute Gasteiger partial charge is 0.277 e. The van der Waals surface area contributed by atoms with E-state index in [0.717, 1.165) is 29.4 Å². The van der Waals surface area contributed by atoms with Crippen LogP contribution in [0.2, 0.25) is 0 Å². The third-order valence-corrected chi connectivity index (χ3v) is 6.66. The maximum absolute atomic E-state index is 12.1. The predicted octanol–water partition coefficient (Wildman–Crippen LogP) is 4.49. The third-order valence-electron chi connectivity index (χ3n) is 4.62. The number of nitrogens with one attached hydrogen (secondary N) is 1. The number of nitrogens with zero attached hydrogens (tertiary/aromatic N) is 2. The molecule has 0 radical (unpaired) electrons. The van der Waals surface area contributed by atoms with Gasteiger partial charge in [0, 0.05) is 4.88 Å². The molecule has 0 unspecified atom stereocenters. The lowest BCUT2D eigenvalue weighted by atomic mass is 9.90. The molecule has 3 heterocycles. The fraction of sp³-hybridized carbons (Fsp3) is 0.421. The molecule has 0 saturated carbocycles. The summed E-state index contributed by atoms with van der Waals surface area (Å²) in [6.07, 6.45) is 5.08. The number of aromatic nitrogens is 2. The SMILES string of the molecule is C[C@@H]1CCc2sc(-c3nnc(SCC(=O)N[C@H](C)c4ccco4)o3)cc2C1. The van der Waals surface area contributed by atoms with Gasteiger partial charge in [-0.05, 0) is 55.9 Å². The molecule has 8 heteroatoms. The number of hydrogen-bond acceptors (Lipinski definition) is 7. The number of hydrogen-bond donors (Lipinski definition) is 1. The van der Waals surface area contributed by atoms with Gasteiger partial charge in [-0.2, -0.15) is 0 Å². The highest BCUT2D eigenvalue weighted by molar-refractivity contribution is 7.99. The molecule has 1 N–H and O–H groups in total. The van der Waals surface area contributed by atoms with Crippen LogP contribution in [0.15, 0.2) is 38.5 Å². The van der Waals surface area contributed by atoms with E-state index in [1.807, 2.05) is 13.0 Å². The van der Waals surface area contributed by atoms with E-state index < -0.39 is 0 Å². The van der Waals surface area contributed by atoms with Gasteiger partial charge in [0.25, 0.3) is 11.1 Å². The molecule has 0 spiro atoms. The van der Waals surface area contributed by atoms with Gasteiger partial charge < -0.3 is 14.2 Å². The van der Waals surface area contributed by atoms with Gasteiger partial charge in [-0.15, -0.1) is 21.5 Å². The van der Waals surface area contributed by atoms with Gasteiger partial charge in [0.1, 0.15) is 5.76 Å². The molecule has 0 saturated heterocycles. The largest absolute Gasteiger partial charge is 0.467 e. The highest BCUT2D eigenvalue weighted by Crippen LogP contribution is 2.37. The molecule has 0 bridgehead atoms. The fourth-order valence-electron chi connectivity index (χ4n) is 3.20. The van der Waals surface area contributed by atoms with Gasteiger partial charge in [0.05, 0.1) is 22.9 Å². The summed E-state index contributed by atoms with van der Waals surface area (Å²) in [5, 5.41) is 11.5. The van der Waals surface area contributed by atoms with Gasteiger partial charge in [-0.3, -0.25) is 4.79 Å². The highest BCUT2D eigenvalue weighted by atomic mass is 32.2. The van der Waals surface area contributed by atoms with E-state index >= 15 is 0 Å². The van der Waals surface area contributed by atoms with Crippen molar-refractivity contribution in [2.45, 2.75) is 44.4 Å². The first-order valence-electron chi connectivity index (χ1n) is 8.99. The van der Waals surface area contributed by atoms with Crippen LogP contribution in [0.3, 0.4) is 0 Å². The molecule has 3 aromatic heterocycles. The molecular weight excluding hydrogens is 382 g/mol. The van der Waals surface area contributed by atoms with E-state index in [9.17, 15) is 4.79 Å². The Labute approximate surface area is 165 Å². The van der Waals surface area contributed by atoms with Gasteiger partial charge in [-0.1, -0.05) is 18.7 Å². The van der Waals surface area contributed by atoms with Gasteiger partial charge in [0.2, 0.25) is 5.91 Å². The lowest BCUT2D eigenvalue weighted by Gasteiger charge is -2.16. The van der Waals surface area contributed by atoms with Crippen molar-refractivity contribution in [3.63, 3.8) is 0 Å². The average molecular weight is 404 g/mol. The van der Waals surface area contributed by atoms with Crippen molar-refractivity contribution < 1.29 is 13.6 Å². The molecule has 0 aliphatic heterocycles. The first-order valence-corrected chi connectivity index (χ1v) is 10.8. The van der Waals surface area contributed by atoms with Crippen LogP contribution in [-0.4, -0.2) is 21.9 Å². The number of carbonyl (C=O) groups excluding carboxylic acids is 1. The summed E-state index contributed by atoms with van der Waals surface area (Å²) >= 11 is 2.98. The summed E-state index contributed by atoms with van der Waals surface area (Å²) in [6, 6.07) is 5.64. The van der Waals surface area contributed by atoms with Crippen LogP contribution in [0.25, 0.3) is 10.8 Å². The highest BCUT2D eigenvalue weighted by Gasteiger charge is 2.21. The lowest BCUT2D eigenvalue weighted by molar-refractivity contribution is -0.119. The number of aryl methyl sites for hydroxylation is 1. The normalized spacial score (nSPS) is 17.5. The first kappa shape index (κ1) is 18.3. The minimum absolute atomic E-state index is 0.107. The Bertz CT molecular complexity index is 917. The topological polar surface area (TPSA) is 81.2 Å². The third kappa shape index (κ3) is 4.27. The Kier molecular flexibility index (Phi) is 5.36. The van der Waals surface area contributed by atoms with Crippen molar-refractivity contribution in [2.24, 2.45) is 5.92 Å². The monoisotopic (exact) mass is 403 g/mol. The summed E-state index contributed by atoms with van der Waals surface area (Å²) < 4.78 is 11.0. The molecule has 1 aliphatic rings. The van der Waals surface area contributed by atoms with E-state index in [4.69, 9.17) is 8.83 Å². The van der Waals surface area contributed by atoms with Crippen LogP contribution in [0, 0.1) is 5.92 Å². The van der Waals surface area contributed by atoms with Crippen LogP contribution >= 0.6 is 23.1 Å². The number of amides is 1. The summed E-state index contributed by atoms with van der Waals surface area (Å²) in [4.78, 5) is 14.6. The number of rotatable bonds is 6. The molecule has 142 valence electrons. The second-order valence-corrected chi connectivity index (χ2v) is 8.94. The minimum atomic E-state index is -0.175. The zero-order valence-electron chi connectivity index (χ0n) is 15.2. The predicted molar refractivity (Wildman–Crippen MR) is 105 cm³/mol. The van der Waals surface area contributed by atoms with Gasteiger partial charge >= 0.3 is 0 Å². The maximum atomic E-state index is 12.1. The van der Waals surface area contributed by atoms with Gasteiger partial charge in [0.15, 0.2) is 0 Å². The molecule has 0 aromatic carbocycles. The Morgan fingerprint density at radius 3 is 3.19 bits per heavy atom. The fourth-order valence-corrected chi connectivity index (χ4v) is 4.90. The van der Waals surface area contributed by atoms with Crippen LogP contribution in [0.5, 0.6) is 0 Å². The second-order valence-electron chi connectivity index (χ2n) is 6.87. The quantitative estimate of drug-likeness (QED) is 0.611. The average Bonchev–Trinajstić information content (AvgIpc) is 3.38. The van der Waals surface area contributed by atoms with Gasteiger partial charge in [-0.25, -0.2) is 0 Å². The van der Waals surface area contributed by atoms with Crippen molar-refractivity contribution >= 4 is 29.0 Å². The molecular formula is C19H21N3O3S2. The van der Waals surface area contributed by atoms with E-state index in [-0.39, 0.29) is 17.7 Å². The molecule has 1 aliphatic carbocycles.